The highest BCUT2D eigenvalue weighted by atomic mass is 35.5. The van der Waals surface area contributed by atoms with Crippen LogP contribution in [0.15, 0.2) is 30.3 Å². The Balaban J connectivity index is 2.64. The number of rotatable bonds is 1. The number of anilines is 1. The molecular formula is C11H7ClF3N3. The van der Waals surface area contributed by atoms with E-state index in [1.807, 2.05) is 0 Å². The first-order chi connectivity index (χ1) is 8.38. The molecule has 0 atom stereocenters. The van der Waals surface area contributed by atoms with Crippen molar-refractivity contribution in [1.82, 2.24) is 9.97 Å². The molecule has 1 aromatic heterocycles. The lowest BCUT2D eigenvalue weighted by atomic mass is 10.0. The Morgan fingerprint density at radius 2 is 1.78 bits per heavy atom. The molecule has 1 aromatic carbocycles. The van der Waals surface area contributed by atoms with Crippen molar-refractivity contribution in [1.29, 1.82) is 0 Å². The van der Waals surface area contributed by atoms with Crippen molar-refractivity contribution < 1.29 is 13.2 Å². The third kappa shape index (κ3) is 2.53. The zero-order chi connectivity index (χ0) is 13.3. The topological polar surface area (TPSA) is 51.8 Å². The highest BCUT2D eigenvalue weighted by Crippen LogP contribution is 2.36. The van der Waals surface area contributed by atoms with E-state index in [1.165, 1.54) is 24.3 Å². The zero-order valence-electron chi connectivity index (χ0n) is 8.87. The Labute approximate surface area is 105 Å². The average molecular weight is 274 g/mol. The van der Waals surface area contributed by atoms with Gasteiger partial charge in [-0.2, -0.15) is 13.2 Å². The van der Waals surface area contributed by atoms with Crippen molar-refractivity contribution in [3.8, 4) is 11.3 Å². The summed E-state index contributed by atoms with van der Waals surface area (Å²) in [5, 5.41) is -0.193. The molecule has 0 fully saturated rings. The number of hydrogen-bond donors (Lipinski definition) is 1. The van der Waals surface area contributed by atoms with Gasteiger partial charge in [0.05, 0.1) is 11.3 Å². The first-order valence-corrected chi connectivity index (χ1v) is 5.22. The largest absolute Gasteiger partial charge is 0.417 e. The van der Waals surface area contributed by atoms with Crippen LogP contribution in [0.5, 0.6) is 0 Å². The molecule has 0 saturated heterocycles. The highest BCUT2D eigenvalue weighted by Gasteiger charge is 2.33. The second-order valence-corrected chi connectivity index (χ2v) is 3.83. The molecular weight excluding hydrogens is 267 g/mol. The van der Waals surface area contributed by atoms with Gasteiger partial charge in [-0.15, -0.1) is 0 Å². The van der Waals surface area contributed by atoms with Crippen LogP contribution in [0.25, 0.3) is 11.3 Å². The summed E-state index contributed by atoms with van der Waals surface area (Å²) < 4.78 is 38.5. The van der Waals surface area contributed by atoms with Crippen LogP contribution in [0.4, 0.5) is 19.0 Å². The minimum atomic E-state index is -4.47. The fourth-order valence-electron chi connectivity index (χ4n) is 1.53. The molecule has 0 aliphatic rings. The van der Waals surface area contributed by atoms with Gasteiger partial charge in [0, 0.05) is 11.6 Å². The van der Waals surface area contributed by atoms with Crippen molar-refractivity contribution in [2.75, 3.05) is 5.73 Å². The Kier molecular flexibility index (Phi) is 3.13. The second-order valence-electron chi connectivity index (χ2n) is 3.49. The Bertz CT molecular complexity index is 564. The van der Waals surface area contributed by atoms with E-state index in [1.54, 1.807) is 0 Å². The summed E-state index contributed by atoms with van der Waals surface area (Å²) >= 11 is 5.58. The number of aromatic nitrogens is 2. The Morgan fingerprint density at radius 1 is 1.11 bits per heavy atom. The third-order valence-electron chi connectivity index (χ3n) is 2.23. The average Bonchev–Trinajstić information content (AvgIpc) is 2.26. The van der Waals surface area contributed by atoms with Gasteiger partial charge < -0.3 is 5.73 Å². The normalized spacial score (nSPS) is 11.6. The van der Waals surface area contributed by atoms with E-state index in [4.69, 9.17) is 17.3 Å². The van der Waals surface area contributed by atoms with Crippen molar-refractivity contribution in [3.63, 3.8) is 0 Å². The maximum Gasteiger partial charge on any atom is 0.417 e. The quantitative estimate of drug-likeness (QED) is 0.810. The van der Waals surface area contributed by atoms with Gasteiger partial charge in [0.15, 0.2) is 0 Å². The number of benzene rings is 1. The molecule has 0 spiro atoms. The lowest BCUT2D eigenvalue weighted by Crippen LogP contribution is -2.07. The van der Waals surface area contributed by atoms with E-state index in [-0.39, 0.29) is 22.4 Å². The molecule has 7 heteroatoms. The van der Waals surface area contributed by atoms with Gasteiger partial charge in [0.1, 0.15) is 5.82 Å². The van der Waals surface area contributed by atoms with Crippen LogP contribution in [0, 0.1) is 0 Å². The molecule has 0 amide bonds. The fraction of sp³-hybridized carbons (Fsp3) is 0.0909. The molecule has 94 valence electrons. The molecule has 1 heterocycles. The summed E-state index contributed by atoms with van der Waals surface area (Å²) in [6, 6.07) is 6.31. The van der Waals surface area contributed by atoms with Crippen LogP contribution < -0.4 is 5.73 Å². The molecule has 0 bridgehead atoms. The first-order valence-electron chi connectivity index (χ1n) is 4.84. The number of hydrogen-bond acceptors (Lipinski definition) is 3. The summed E-state index contributed by atoms with van der Waals surface area (Å²) in [5.41, 5.74) is 4.61. The van der Waals surface area contributed by atoms with Crippen molar-refractivity contribution in [3.05, 3.63) is 41.2 Å². The number of nitrogens with two attached hydrogens (primary N) is 1. The maximum absolute atomic E-state index is 12.8. The molecule has 2 rings (SSSR count). The molecule has 2 N–H and O–H groups in total. The fourth-order valence-corrected chi connectivity index (χ4v) is 1.72. The number of nitrogen functional groups attached to an aromatic ring is 1. The molecule has 0 radical (unpaired) electrons. The van der Waals surface area contributed by atoms with Gasteiger partial charge in [-0.25, -0.2) is 9.97 Å². The monoisotopic (exact) mass is 273 g/mol. The van der Waals surface area contributed by atoms with E-state index in [0.29, 0.717) is 0 Å². The van der Waals surface area contributed by atoms with Gasteiger partial charge in [0.2, 0.25) is 5.28 Å². The molecule has 2 aromatic rings. The minimum Gasteiger partial charge on any atom is -0.384 e. The third-order valence-corrected chi connectivity index (χ3v) is 2.40. The lowest BCUT2D eigenvalue weighted by molar-refractivity contribution is -0.137. The molecule has 0 unspecified atom stereocenters. The molecule has 0 aliphatic carbocycles. The van der Waals surface area contributed by atoms with Crippen molar-refractivity contribution in [2.45, 2.75) is 6.18 Å². The summed E-state index contributed by atoms with van der Waals surface area (Å²) in [6.45, 7) is 0. The van der Waals surface area contributed by atoms with Crippen LogP contribution in [0.2, 0.25) is 5.28 Å². The van der Waals surface area contributed by atoms with E-state index in [9.17, 15) is 13.2 Å². The van der Waals surface area contributed by atoms with Crippen molar-refractivity contribution in [2.24, 2.45) is 0 Å². The van der Waals surface area contributed by atoms with E-state index in [0.717, 1.165) is 6.07 Å². The summed E-state index contributed by atoms with van der Waals surface area (Å²) in [6.07, 6.45) is -4.47. The van der Waals surface area contributed by atoms with Gasteiger partial charge in [-0.05, 0) is 17.7 Å². The summed E-state index contributed by atoms with van der Waals surface area (Å²) in [4.78, 5) is 7.36. The zero-order valence-corrected chi connectivity index (χ0v) is 9.63. The van der Waals surface area contributed by atoms with Gasteiger partial charge in [0.25, 0.3) is 0 Å². The molecule has 0 aliphatic heterocycles. The lowest BCUT2D eigenvalue weighted by Gasteiger charge is -2.12. The smallest absolute Gasteiger partial charge is 0.384 e. The predicted molar refractivity (Wildman–Crippen MR) is 61.9 cm³/mol. The standard InChI is InChI=1S/C11H7ClF3N3/c12-10-17-8(5-9(16)18-10)6-3-1-2-4-7(6)11(13,14)15/h1-5H,(H2,16,17,18). The number of halogens is 4. The molecule has 18 heavy (non-hydrogen) atoms. The SMILES string of the molecule is Nc1cc(-c2ccccc2C(F)(F)F)nc(Cl)n1. The van der Waals surface area contributed by atoms with Gasteiger partial charge >= 0.3 is 6.18 Å². The summed E-state index contributed by atoms with van der Waals surface area (Å²) in [7, 11) is 0. The molecule has 3 nitrogen and oxygen atoms in total. The van der Waals surface area contributed by atoms with Crippen LogP contribution in [0.1, 0.15) is 5.56 Å². The van der Waals surface area contributed by atoms with E-state index >= 15 is 0 Å². The minimum absolute atomic E-state index is 0.0157. The molecule has 0 saturated carbocycles. The van der Waals surface area contributed by atoms with Crippen LogP contribution in [-0.2, 0) is 6.18 Å². The number of nitrogens with zero attached hydrogens (tertiary/aromatic N) is 2. The van der Waals surface area contributed by atoms with Crippen LogP contribution in [0.3, 0.4) is 0 Å². The van der Waals surface area contributed by atoms with Crippen molar-refractivity contribution >= 4 is 17.4 Å². The highest BCUT2D eigenvalue weighted by molar-refractivity contribution is 6.28. The summed E-state index contributed by atoms with van der Waals surface area (Å²) in [5.74, 6) is 0.0157. The van der Waals surface area contributed by atoms with E-state index < -0.39 is 11.7 Å². The first kappa shape index (κ1) is 12.6. The van der Waals surface area contributed by atoms with Crippen LogP contribution in [-0.4, -0.2) is 9.97 Å². The van der Waals surface area contributed by atoms with E-state index in [2.05, 4.69) is 9.97 Å². The Hall–Kier alpha value is -1.82. The predicted octanol–water partition coefficient (Wildman–Crippen LogP) is 3.40. The Morgan fingerprint density at radius 3 is 2.39 bits per heavy atom. The van der Waals surface area contributed by atoms with Gasteiger partial charge in [-0.3, -0.25) is 0 Å². The number of alkyl halides is 3. The van der Waals surface area contributed by atoms with Crippen LogP contribution >= 0.6 is 11.6 Å². The maximum atomic E-state index is 12.8. The second kappa shape index (κ2) is 4.45. The van der Waals surface area contributed by atoms with Gasteiger partial charge in [-0.1, -0.05) is 18.2 Å².